The van der Waals surface area contributed by atoms with Crippen molar-refractivity contribution < 1.29 is 25.3 Å². The summed E-state index contributed by atoms with van der Waals surface area (Å²) in [6.45, 7) is 0. The lowest BCUT2D eigenvalue weighted by molar-refractivity contribution is 0.0681. The Morgan fingerprint density at radius 3 is 1.23 bits per heavy atom. The van der Waals surface area contributed by atoms with Gasteiger partial charge in [0.25, 0.3) is 0 Å². The molecule has 0 amide bonds. The Bertz CT molecular complexity index is 281. The first-order valence-electron chi connectivity index (χ1n) is 3.18. The van der Waals surface area contributed by atoms with Crippen molar-refractivity contribution >= 4 is 11.9 Å². The van der Waals surface area contributed by atoms with E-state index in [1.807, 2.05) is 0 Å². The molecule has 0 heterocycles. The summed E-state index contributed by atoms with van der Waals surface area (Å²) in [5.74, 6) is -2.13. The molecule has 0 aliphatic heterocycles. The Morgan fingerprint density at radius 2 is 1.08 bits per heavy atom. The van der Waals surface area contributed by atoms with E-state index >= 15 is 0 Å². The van der Waals surface area contributed by atoms with Crippen LogP contribution in [0.15, 0.2) is 24.3 Å². The molecule has 5 heteroatoms. The van der Waals surface area contributed by atoms with Crippen molar-refractivity contribution in [1.29, 1.82) is 0 Å². The number of carbonyl (C=O) groups is 2. The maximum atomic E-state index is 10.3. The first-order valence-corrected chi connectivity index (χ1v) is 3.18. The molecular weight excluding hydrogens is 176 g/mol. The van der Waals surface area contributed by atoms with Gasteiger partial charge in [0.1, 0.15) is 0 Å². The van der Waals surface area contributed by atoms with Crippen molar-refractivity contribution in [2.45, 2.75) is 0 Å². The van der Waals surface area contributed by atoms with Crippen molar-refractivity contribution in [3.8, 4) is 0 Å². The summed E-state index contributed by atoms with van der Waals surface area (Å²) in [5.41, 5.74) is 0.167. The lowest BCUT2D eigenvalue weighted by Crippen LogP contribution is -1.99. The van der Waals surface area contributed by atoms with Gasteiger partial charge in [0.15, 0.2) is 0 Å². The van der Waals surface area contributed by atoms with E-state index in [-0.39, 0.29) is 16.6 Å². The van der Waals surface area contributed by atoms with Crippen molar-refractivity contribution in [3.05, 3.63) is 35.4 Å². The number of aromatic carboxylic acids is 2. The first-order chi connectivity index (χ1) is 5.61. The van der Waals surface area contributed by atoms with Crippen molar-refractivity contribution in [2.75, 3.05) is 0 Å². The molecule has 0 saturated carbocycles. The third-order valence-corrected chi connectivity index (χ3v) is 1.38. The number of benzene rings is 1. The second kappa shape index (κ2) is 4.22. The van der Waals surface area contributed by atoms with Gasteiger partial charge >= 0.3 is 11.9 Å². The Morgan fingerprint density at radius 1 is 0.846 bits per heavy atom. The van der Waals surface area contributed by atoms with Crippen LogP contribution >= 0.6 is 0 Å². The Kier molecular flexibility index (Phi) is 3.61. The summed E-state index contributed by atoms with van der Waals surface area (Å²) in [5, 5.41) is 16.9. The molecule has 13 heavy (non-hydrogen) atoms. The number of carboxylic acid groups (broad SMARTS) is 2. The molecule has 4 N–H and O–H groups in total. The molecule has 1 aromatic rings. The van der Waals surface area contributed by atoms with Crippen LogP contribution in [0, 0.1) is 0 Å². The van der Waals surface area contributed by atoms with Crippen LogP contribution in [0.5, 0.6) is 0 Å². The molecule has 5 nitrogen and oxygen atoms in total. The van der Waals surface area contributed by atoms with Gasteiger partial charge in [0, 0.05) is 0 Å². The molecular formula is C8H8O5. The van der Waals surface area contributed by atoms with Gasteiger partial charge in [-0.05, 0) is 24.3 Å². The molecule has 0 atom stereocenters. The number of hydrogen-bond donors (Lipinski definition) is 2. The smallest absolute Gasteiger partial charge is 0.335 e. The van der Waals surface area contributed by atoms with Gasteiger partial charge < -0.3 is 15.7 Å². The zero-order valence-electron chi connectivity index (χ0n) is 6.52. The van der Waals surface area contributed by atoms with Gasteiger partial charge in [0.05, 0.1) is 11.1 Å². The lowest BCUT2D eigenvalue weighted by atomic mass is 10.1. The van der Waals surface area contributed by atoms with E-state index in [9.17, 15) is 9.59 Å². The molecule has 0 fully saturated rings. The van der Waals surface area contributed by atoms with Crippen LogP contribution < -0.4 is 0 Å². The average molecular weight is 184 g/mol. The topological polar surface area (TPSA) is 106 Å². The fourth-order valence-corrected chi connectivity index (χ4v) is 0.755. The Hall–Kier alpha value is -1.88. The van der Waals surface area contributed by atoms with E-state index in [2.05, 4.69) is 0 Å². The molecule has 1 aromatic carbocycles. The summed E-state index contributed by atoms with van der Waals surface area (Å²) in [6.07, 6.45) is 0. The highest BCUT2D eigenvalue weighted by atomic mass is 16.4. The van der Waals surface area contributed by atoms with Crippen LogP contribution in [0.25, 0.3) is 0 Å². The monoisotopic (exact) mass is 184 g/mol. The van der Waals surface area contributed by atoms with Crippen molar-refractivity contribution in [3.63, 3.8) is 0 Å². The van der Waals surface area contributed by atoms with Crippen molar-refractivity contribution in [1.82, 2.24) is 0 Å². The summed E-state index contributed by atoms with van der Waals surface area (Å²) >= 11 is 0. The normalized spacial score (nSPS) is 8.62. The average Bonchev–Trinajstić information content (AvgIpc) is 2.04. The molecule has 0 aromatic heterocycles. The van der Waals surface area contributed by atoms with E-state index in [1.165, 1.54) is 24.3 Å². The largest absolute Gasteiger partial charge is 0.478 e. The molecule has 70 valence electrons. The highest BCUT2D eigenvalue weighted by molar-refractivity contribution is 5.91. The van der Waals surface area contributed by atoms with Gasteiger partial charge in [0.2, 0.25) is 0 Å². The fraction of sp³-hybridized carbons (Fsp3) is 0. The molecule has 1 rings (SSSR count). The Balaban J connectivity index is 0.00000144. The summed E-state index contributed by atoms with van der Waals surface area (Å²) in [6, 6.07) is 5.02. The molecule has 0 saturated heterocycles. The zero-order chi connectivity index (χ0) is 9.14. The van der Waals surface area contributed by atoms with Crippen LogP contribution in [0.3, 0.4) is 0 Å². The molecule has 0 bridgehead atoms. The van der Waals surface area contributed by atoms with Crippen LogP contribution in [-0.4, -0.2) is 27.6 Å². The van der Waals surface area contributed by atoms with Crippen LogP contribution in [-0.2, 0) is 0 Å². The third kappa shape index (κ3) is 2.57. The maximum absolute atomic E-state index is 10.3. The van der Waals surface area contributed by atoms with E-state index < -0.39 is 11.9 Å². The summed E-state index contributed by atoms with van der Waals surface area (Å²) in [4.78, 5) is 20.7. The summed E-state index contributed by atoms with van der Waals surface area (Å²) in [7, 11) is 0. The molecule has 0 spiro atoms. The van der Waals surface area contributed by atoms with E-state index in [0.29, 0.717) is 0 Å². The second-order valence-electron chi connectivity index (χ2n) is 2.19. The van der Waals surface area contributed by atoms with Gasteiger partial charge in [-0.3, -0.25) is 0 Å². The quantitative estimate of drug-likeness (QED) is 0.687. The van der Waals surface area contributed by atoms with Gasteiger partial charge in [-0.15, -0.1) is 0 Å². The predicted octanol–water partition coefficient (Wildman–Crippen LogP) is 0.258. The third-order valence-electron chi connectivity index (χ3n) is 1.38. The SMILES string of the molecule is O.O=C(O)c1ccc(C(=O)O)cc1. The standard InChI is InChI=1S/C8H6O4.H2O/c9-7(10)5-1-2-6(4-3-5)8(11)12;/h1-4H,(H,9,10)(H,11,12);1H2. The van der Waals surface area contributed by atoms with Gasteiger partial charge in [-0.1, -0.05) is 0 Å². The van der Waals surface area contributed by atoms with Crippen molar-refractivity contribution in [2.24, 2.45) is 0 Å². The van der Waals surface area contributed by atoms with E-state index in [0.717, 1.165) is 0 Å². The van der Waals surface area contributed by atoms with Crippen LogP contribution in [0.2, 0.25) is 0 Å². The molecule has 0 unspecified atom stereocenters. The second-order valence-corrected chi connectivity index (χ2v) is 2.19. The molecule has 0 radical (unpaired) electrons. The lowest BCUT2D eigenvalue weighted by Gasteiger charge is -1.94. The van der Waals surface area contributed by atoms with E-state index in [4.69, 9.17) is 10.2 Å². The fourth-order valence-electron chi connectivity index (χ4n) is 0.755. The van der Waals surface area contributed by atoms with E-state index in [1.54, 1.807) is 0 Å². The van der Waals surface area contributed by atoms with Gasteiger partial charge in [-0.2, -0.15) is 0 Å². The number of hydrogen-bond acceptors (Lipinski definition) is 2. The maximum Gasteiger partial charge on any atom is 0.335 e. The van der Waals surface area contributed by atoms with Crippen LogP contribution in [0.1, 0.15) is 20.7 Å². The minimum atomic E-state index is -1.06. The highest BCUT2D eigenvalue weighted by Crippen LogP contribution is 2.03. The van der Waals surface area contributed by atoms with Gasteiger partial charge in [-0.25, -0.2) is 9.59 Å². The zero-order valence-corrected chi connectivity index (χ0v) is 6.52. The minimum absolute atomic E-state index is 0. The first kappa shape index (κ1) is 11.1. The molecule has 0 aliphatic rings. The molecule has 0 aliphatic carbocycles. The Labute approximate surface area is 73.6 Å². The summed E-state index contributed by atoms with van der Waals surface area (Å²) < 4.78 is 0. The minimum Gasteiger partial charge on any atom is -0.478 e. The van der Waals surface area contributed by atoms with Crippen LogP contribution in [0.4, 0.5) is 0 Å². The highest BCUT2D eigenvalue weighted by Gasteiger charge is 2.04. The predicted molar refractivity (Wildman–Crippen MR) is 44.0 cm³/mol. The number of carboxylic acids is 2. The number of rotatable bonds is 2.